The molecule has 0 saturated carbocycles. The van der Waals surface area contributed by atoms with Crippen molar-refractivity contribution in [3.63, 3.8) is 0 Å². The maximum Gasteiger partial charge on any atom is 0.237 e. The molecule has 0 radical (unpaired) electrons. The van der Waals surface area contributed by atoms with Crippen LogP contribution in [0.3, 0.4) is 0 Å². The molecule has 30 heavy (non-hydrogen) atoms. The molecule has 1 amide bonds. The Morgan fingerprint density at radius 3 is 2.33 bits per heavy atom. The lowest BCUT2D eigenvalue weighted by molar-refractivity contribution is -0.134. The minimum Gasteiger partial charge on any atom is -0.467 e. The topological polar surface area (TPSA) is 39.9 Å². The largest absolute Gasteiger partial charge is 0.467 e. The van der Waals surface area contributed by atoms with Crippen LogP contribution in [0.2, 0.25) is 0 Å². The predicted octanol–water partition coefficient (Wildman–Crippen LogP) is 3.77. The second-order valence-electron chi connectivity index (χ2n) is 7.53. The molecule has 1 fully saturated rings. The summed E-state index contributed by atoms with van der Waals surface area (Å²) in [7, 11) is 0. The summed E-state index contributed by atoms with van der Waals surface area (Å²) < 4.78 is 19.5. The minimum atomic E-state index is -0.200. The van der Waals surface area contributed by atoms with E-state index >= 15 is 0 Å². The van der Waals surface area contributed by atoms with Crippen LogP contribution < -0.4 is 4.90 Å². The molecule has 2 aromatic carbocycles. The normalized spacial score (nSPS) is 14.6. The summed E-state index contributed by atoms with van der Waals surface area (Å²) in [5.74, 6) is 0.632. The molecular formula is C24H26FN3O2. The van der Waals surface area contributed by atoms with Crippen LogP contribution >= 0.6 is 0 Å². The van der Waals surface area contributed by atoms with Gasteiger partial charge in [0.25, 0.3) is 0 Å². The molecule has 1 aromatic heterocycles. The van der Waals surface area contributed by atoms with Crippen molar-refractivity contribution in [3.05, 3.63) is 90.1 Å². The molecule has 5 nitrogen and oxygen atoms in total. The van der Waals surface area contributed by atoms with Crippen molar-refractivity contribution in [1.82, 2.24) is 9.80 Å². The highest BCUT2D eigenvalue weighted by Gasteiger charge is 2.23. The van der Waals surface area contributed by atoms with Crippen molar-refractivity contribution in [3.8, 4) is 0 Å². The zero-order valence-corrected chi connectivity index (χ0v) is 16.9. The first kappa shape index (κ1) is 20.2. The second-order valence-corrected chi connectivity index (χ2v) is 7.53. The smallest absolute Gasteiger partial charge is 0.237 e. The number of halogens is 1. The van der Waals surface area contributed by atoms with E-state index in [4.69, 9.17) is 4.42 Å². The van der Waals surface area contributed by atoms with Crippen LogP contribution in [-0.2, 0) is 17.9 Å². The number of carbonyl (C=O) groups excluding carboxylic acids is 1. The zero-order chi connectivity index (χ0) is 20.8. The van der Waals surface area contributed by atoms with Gasteiger partial charge in [0.1, 0.15) is 11.6 Å². The third-order valence-electron chi connectivity index (χ3n) is 5.42. The predicted molar refractivity (Wildman–Crippen MR) is 114 cm³/mol. The lowest BCUT2D eigenvalue weighted by atomic mass is 10.2. The van der Waals surface area contributed by atoms with Gasteiger partial charge in [0, 0.05) is 32.7 Å². The second kappa shape index (κ2) is 9.59. The molecule has 2 heterocycles. The van der Waals surface area contributed by atoms with E-state index < -0.39 is 0 Å². The average molecular weight is 407 g/mol. The number of benzene rings is 2. The highest BCUT2D eigenvalue weighted by atomic mass is 19.1. The van der Waals surface area contributed by atoms with E-state index in [-0.39, 0.29) is 11.7 Å². The molecule has 1 aliphatic heterocycles. The van der Waals surface area contributed by atoms with E-state index in [1.807, 2.05) is 58.3 Å². The molecule has 0 atom stereocenters. The van der Waals surface area contributed by atoms with E-state index in [0.717, 1.165) is 24.4 Å². The van der Waals surface area contributed by atoms with E-state index in [2.05, 4.69) is 4.90 Å². The third kappa shape index (κ3) is 5.07. The maximum atomic E-state index is 14.0. The van der Waals surface area contributed by atoms with Crippen LogP contribution in [0.25, 0.3) is 0 Å². The molecule has 0 bridgehead atoms. The molecule has 4 rings (SSSR count). The van der Waals surface area contributed by atoms with Crippen molar-refractivity contribution >= 4 is 11.6 Å². The van der Waals surface area contributed by atoms with Gasteiger partial charge in [0.05, 0.1) is 25.0 Å². The highest BCUT2D eigenvalue weighted by Crippen LogP contribution is 2.20. The molecule has 156 valence electrons. The molecule has 1 aliphatic rings. The van der Waals surface area contributed by atoms with E-state index in [1.54, 1.807) is 18.4 Å². The van der Waals surface area contributed by atoms with Gasteiger partial charge in [-0.05, 0) is 29.8 Å². The van der Waals surface area contributed by atoms with Crippen LogP contribution in [-0.4, -0.2) is 48.4 Å². The summed E-state index contributed by atoms with van der Waals surface area (Å²) in [6, 6.07) is 20.5. The minimum absolute atomic E-state index is 0.0644. The summed E-state index contributed by atoms with van der Waals surface area (Å²) in [6.07, 6.45) is 1.63. The first-order chi connectivity index (χ1) is 14.7. The number of anilines is 1. The summed E-state index contributed by atoms with van der Waals surface area (Å²) in [5, 5.41) is 0. The van der Waals surface area contributed by atoms with Gasteiger partial charge in [0.15, 0.2) is 0 Å². The number of hydrogen-bond donors (Lipinski definition) is 0. The van der Waals surface area contributed by atoms with Gasteiger partial charge < -0.3 is 14.2 Å². The van der Waals surface area contributed by atoms with Gasteiger partial charge in [-0.25, -0.2) is 4.39 Å². The van der Waals surface area contributed by atoms with Gasteiger partial charge in [-0.1, -0.05) is 42.5 Å². The maximum absolute atomic E-state index is 14.0. The number of amides is 1. The van der Waals surface area contributed by atoms with E-state index in [0.29, 0.717) is 38.4 Å². The molecular weight excluding hydrogens is 381 g/mol. The number of piperazine rings is 1. The van der Waals surface area contributed by atoms with Gasteiger partial charge in [-0.3, -0.25) is 9.69 Å². The van der Waals surface area contributed by atoms with Crippen molar-refractivity contribution in [2.45, 2.75) is 13.1 Å². The molecule has 3 aromatic rings. The van der Waals surface area contributed by atoms with Crippen molar-refractivity contribution in [2.75, 3.05) is 37.6 Å². The fraction of sp³-hybridized carbons (Fsp3) is 0.292. The first-order valence-electron chi connectivity index (χ1n) is 10.2. The Hall–Kier alpha value is -3.12. The highest BCUT2D eigenvalue weighted by molar-refractivity contribution is 5.78. The number of nitrogens with zero attached hydrogens (tertiary/aromatic N) is 3. The van der Waals surface area contributed by atoms with Crippen molar-refractivity contribution in [2.24, 2.45) is 0 Å². The van der Waals surface area contributed by atoms with Gasteiger partial charge in [0.2, 0.25) is 5.91 Å². The summed E-state index contributed by atoms with van der Waals surface area (Å²) >= 11 is 0. The summed E-state index contributed by atoms with van der Waals surface area (Å²) in [4.78, 5) is 19.1. The van der Waals surface area contributed by atoms with Crippen LogP contribution in [0.15, 0.2) is 77.4 Å². The van der Waals surface area contributed by atoms with Crippen molar-refractivity contribution in [1.29, 1.82) is 0 Å². The first-order valence-corrected chi connectivity index (χ1v) is 10.2. The van der Waals surface area contributed by atoms with Crippen LogP contribution in [0, 0.1) is 5.82 Å². The van der Waals surface area contributed by atoms with Gasteiger partial charge in [-0.15, -0.1) is 0 Å². The van der Waals surface area contributed by atoms with Crippen LogP contribution in [0.5, 0.6) is 0 Å². The molecule has 0 N–H and O–H groups in total. The number of para-hydroxylation sites is 1. The van der Waals surface area contributed by atoms with Crippen LogP contribution in [0.4, 0.5) is 10.1 Å². The molecule has 6 heteroatoms. The average Bonchev–Trinajstić information content (AvgIpc) is 3.28. The van der Waals surface area contributed by atoms with E-state index in [9.17, 15) is 9.18 Å². The quantitative estimate of drug-likeness (QED) is 0.598. The molecule has 0 spiro atoms. The van der Waals surface area contributed by atoms with Crippen LogP contribution in [0.1, 0.15) is 11.3 Å². The monoisotopic (exact) mass is 407 g/mol. The summed E-state index contributed by atoms with van der Waals surface area (Å²) in [5.41, 5.74) is 1.72. The Morgan fingerprint density at radius 2 is 1.63 bits per heavy atom. The Labute approximate surface area is 176 Å². The Balaban J connectivity index is 1.37. The standard InChI is InChI=1S/C24H26FN3O2/c25-22-10-4-5-11-23(22)27-14-12-26(13-15-27)19-24(29)28(18-21-9-6-16-30-21)17-20-7-2-1-3-8-20/h1-11,16H,12-15,17-19H2. The Kier molecular flexibility index (Phi) is 6.44. The fourth-order valence-corrected chi connectivity index (χ4v) is 3.77. The van der Waals surface area contributed by atoms with Crippen molar-refractivity contribution < 1.29 is 13.6 Å². The lowest BCUT2D eigenvalue weighted by Gasteiger charge is -2.36. The van der Waals surface area contributed by atoms with Gasteiger partial charge >= 0.3 is 0 Å². The Bertz CT molecular complexity index is 938. The number of hydrogen-bond acceptors (Lipinski definition) is 4. The SMILES string of the molecule is O=C(CN1CCN(c2ccccc2F)CC1)N(Cc1ccccc1)Cc1ccco1. The zero-order valence-electron chi connectivity index (χ0n) is 16.9. The summed E-state index contributed by atoms with van der Waals surface area (Å²) in [6.45, 7) is 4.17. The van der Waals surface area contributed by atoms with Gasteiger partial charge in [-0.2, -0.15) is 0 Å². The number of rotatable bonds is 7. The van der Waals surface area contributed by atoms with E-state index in [1.165, 1.54) is 6.07 Å². The fourth-order valence-electron chi connectivity index (χ4n) is 3.77. The molecule has 0 aliphatic carbocycles. The molecule has 1 saturated heterocycles. The lowest BCUT2D eigenvalue weighted by Crippen LogP contribution is -2.50. The number of carbonyl (C=O) groups is 1. The Morgan fingerprint density at radius 1 is 0.900 bits per heavy atom. The third-order valence-corrected chi connectivity index (χ3v) is 5.42. The molecule has 0 unspecified atom stereocenters. The number of furan rings is 1.